The van der Waals surface area contributed by atoms with Gasteiger partial charge in [-0.05, 0) is 35.7 Å². The molecule has 0 aliphatic carbocycles. The van der Waals surface area contributed by atoms with Crippen molar-refractivity contribution in [1.82, 2.24) is 0 Å². The molecule has 0 fully saturated rings. The topological polar surface area (TPSA) is 44.8 Å². The maximum Gasteiger partial charge on any atom is 0.150 e. The zero-order valence-electron chi connectivity index (χ0n) is 15.4. The summed E-state index contributed by atoms with van der Waals surface area (Å²) in [4.78, 5) is 13.0. The second-order valence-corrected chi connectivity index (χ2v) is 6.61. The molecule has 0 unspecified atom stereocenters. The average molecular weight is 380 g/mol. The summed E-state index contributed by atoms with van der Waals surface area (Å²) in [6.45, 7) is 0. The Bertz CT molecular complexity index is 958. The smallest absolute Gasteiger partial charge is 0.150 e. The Balaban J connectivity index is 2.23. The normalized spacial score (nSPS) is 11.1. The van der Waals surface area contributed by atoms with Crippen LogP contribution in [0.1, 0.15) is 11.1 Å². The number of methoxy groups -OCH3 is 3. The lowest BCUT2D eigenvalue weighted by Crippen LogP contribution is -1.97. The summed E-state index contributed by atoms with van der Waals surface area (Å²) >= 11 is 1.62. The highest BCUT2D eigenvalue weighted by atomic mass is 32.1. The fourth-order valence-corrected chi connectivity index (χ4v) is 3.70. The molecule has 0 spiro atoms. The van der Waals surface area contributed by atoms with Gasteiger partial charge in [0.05, 0.1) is 26.9 Å². The second-order valence-electron chi connectivity index (χ2n) is 5.66. The molecule has 1 aromatic heterocycles. The number of carbonyl (C=O) groups excluding carboxylic acids is 1. The number of thiophene rings is 1. The van der Waals surface area contributed by atoms with Crippen molar-refractivity contribution in [2.24, 2.45) is 0 Å². The van der Waals surface area contributed by atoms with Crippen molar-refractivity contribution in [1.29, 1.82) is 0 Å². The maximum absolute atomic E-state index is 11.9. The molecule has 0 amide bonds. The second kappa shape index (κ2) is 8.56. The van der Waals surface area contributed by atoms with Gasteiger partial charge in [0, 0.05) is 21.6 Å². The predicted octanol–water partition coefficient (Wildman–Crippen LogP) is 5.18. The van der Waals surface area contributed by atoms with E-state index in [2.05, 4.69) is 0 Å². The van der Waals surface area contributed by atoms with Gasteiger partial charge in [0.2, 0.25) is 0 Å². The predicted molar refractivity (Wildman–Crippen MR) is 110 cm³/mol. The van der Waals surface area contributed by atoms with Crippen molar-refractivity contribution in [2.75, 3.05) is 21.3 Å². The summed E-state index contributed by atoms with van der Waals surface area (Å²) in [5.74, 6) is 1.91. The molecule has 0 bridgehead atoms. The number of ether oxygens (including phenoxy) is 3. The number of hydrogen-bond acceptors (Lipinski definition) is 5. The molecule has 0 atom stereocenters. The van der Waals surface area contributed by atoms with Crippen molar-refractivity contribution >= 4 is 29.3 Å². The van der Waals surface area contributed by atoms with Crippen molar-refractivity contribution in [3.05, 3.63) is 65.0 Å². The summed E-state index contributed by atoms with van der Waals surface area (Å²) in [6, 6.07) is 15.3. The lowest BCUT2D eigenvalue weighted by Gasteiger charge is -2.15. The van der Waals surface area contributed by atoms with Gasteiger partial charge in [-0.25, -0.2) is 0 Å². The quantitative estimate of drug-likeness (QED) is 0.322. The van der Waals surface area contributed by atoms with E-state index in [1.54, 1.807) is 38.7 Å². The number of para-hydroxylation sites is 1. The molecule has 1 heterocycles. The Morgan fingerprint density at radius 1 is 0.889 bits per heavy atom. The van der Waals surface area contributed by atoms with E-state index < -0.39 is 0 Å². The van der Waals surface area contributed by atoms with Crippen LogP contribution in [0.15, 0.2) is 53.9 Å². The Morgan fingerprint density at radius 3 is 2.30 bits per heavy atom. The molecule has 27 heavy (non-hydrogen) atoms. The van der Waals surface area contributed by atoms with Crippen LogP contribution in [-0.2, 0) is 4.79 Å². The molecule has 3 rings (SSSR count). The van der Waals surface area contributed by atoms with Gasteiger partial charge >= 0.3 is 0 Å². The van der Waals surface area contributed by atoms with Crippen molar-refractivity contribution in [2.45, 2.75) is 0 Å². The van der Waals surface area contributed by atoms with E-state index in [-0.39, 0.29) is 0 Å². The highest BCUT2D eigenvalue weighted by Crippen LogP contribution is 2.42. The standard InChI is InChI=1S/C22H20O4S/c1-24-19-8-5-4-7-16(19)15(14-23)13-18-20(25-2)11-10-17(22(18)26-3)21-9-6-12-27-21/h4-14H,1-3H3. The first-order chi connectivity index (χ1) is 13.2. The Morgan fingerprint density at radius 2 is 1.67 bits per heavy atom. The van der Waals surface area contributed by atoms with Gasteiger partial charge in [-0.3, -0.25) is 4.79 Å². The van der Waals surface area contributed by atoms with E-state index in [0.29, 0.717) is 33.9 Å². The zero-order chi connectivity index (χ0) is 19.2. The largest absolute Gasteiger partial charge is 0.496 e. The summed E-state index contributed by atoms with van der Waals surface area (Å²) in [6.07, 6.45) is 2.59. The van der Waals surface area contributed by atoms with E-state index in [9.17, 15) is 4.79 Å². The van der Waals surface area contributed by atoms with Crippen LogP contribution in [0.25, 0.3) is 22.1 Å². The molecule has 5 heteroatoms. The van der Waals surface area contributed by atoms with Gasteiger partial charge in [-0.1, -0.05) is 24.3 Å². The van der Waals surface area contributed by atoms with Crippen molar-refractivity contribution < 1.29 is 19.0 Å². The first-order valence-corrected chi connectivity index (χ1v) is 9.20. The number of carbonyl (C=O) groups is 1. The van der Waals surface area contributed by atoms with Crippen molar-refractivity contribution in [3.8, 4) is 27.7 Å². The molecule has 0 saturated carbocycles. The Hall–Kier alpha value is -3.05. The third-order valence-corrected chi connectivity index (χ3v) is 5.11. The Labute approximate surface area is 162 Å². The molecule has 138 valence electrons. The lowest BCUT2D eigenvalue weighted by molar-refractivity contribution is -0.103. The minimum absolute atomic E-state index is 0.479. The van der Waals surface area contributed by atoms with Crippen LogP contribution in [0.4, 0.5) is 0 Å². The first kappa shape index (κ1) is 18.7. The molecule has 0 N–H and O–H groups in total. The minimum atomic E-state index is 0.479. The zero-order valence-corrected chi connectivity index (χ0v) is 16.2. The third-order valence-electron chi connectivity index (χ3n) is 4.21. The summed E-state index contributed by atoms with van der Waals surface area (Å²) in [7, 11) is 4.80. The number of aldehydes is 1. The van der Waals surface area contributed by atoms with Gasteiger partial charge in [0.25, 0.3) is 0 Å². The van der Waals surface area contributed by atoms with E-state index in [4.69, 9.17) is 14.2 Å². The fraction of sp³-hybridized carbons (Fsp3) is 0.136. The monoisotopic (exact) mass is 380 g/mol. The molecule has 0 aliphatic heterocycles. The molecule has 0 radical (unpaired) electrons. The van der Waals surface area contributed by atoms with E-state index in [0.717, 1.165) is 16.7 Å². The summed E-state index contributed by atoms with van der Waals surface area (Å²) < 4.78 is 16.6. The van der Waals surface area contributed by atoms with Crippen LogP contribution in [0.3, 0.4) is 0 Å². The van der Waals surface area contributed by atoms with Crippen LogP contribution in [0.5, 0.6) is 17.2 Å². The molecule has 4 nitrogen and oxygen atoms in total. The number of allylic oxidation sites excluding steroid dienone is 1. The first-order valence-electron chi connectivity index (χ1n) is 8.32. The van der Waals surface area contributed by atoms with Crippen LogP contribution in [0, 0.1) is 0 Å². The molecular formula is C22H20O4S. The average Bonchev–Trinajstić information content (AvgIpc) is 3.25. The maximum atomic E-state index is 11.9. The minimum Gasteiger partial charge on any atom is -0.496 e. The fourth-order valence-electron chi connectivity index (χ4n) is 2.96. The van der Waals surface area contributed by atoms with Crippen LogP contribution < -0.4 is 14.2 Å². The molecule has 2 aromatic carbocycles. The number of benzene rings is 2. The summed E-state index contributed by atoms with van der Waals surface area (Å²) in [5.41, 5.74) is 2.84. The third kappa shape index (κ3) is 3.73. The van der Waals surface area contributed by atoms with Gasteiger partial charge in [-0.15, -0.1) is 11.3 Å². The van der Waals surface area contributed by atoms with Crippen LogP contribution >= 0.6 is 11.3 Å². The Kier molecular flexibility index (Phi) is 5.94. The van der Waals surface area contributed by atoms with Gasteiger partial charge in [0.15, 0.2) is 6.29 Å². The van der Waals surface area contributed by atoms with Crippen LogP contribution in [0.2, 0.25) is 0 Å². The van der Waals surface area contributed by atoms with Gasteiger partial charge in [-0.2, -0.15) is 0 Å². The van der Waals surface area contributed by atoms with Crippen molar-refractivity contribution in [3.63, 3.8) is 0 Å². The SMILES string of the molecule is COc1ccccc1C(C=O)=Cc1c(OC)ccc(-c2cccs2)c1OC. The van der Waals surface area contributed by atoms with Gasteiger partial charge < -0.3 is 14.2 Å². The number of hydrogen-bond donors (Lipinski definition) is 0. The highest BCUT2D eigenvalue weighted by Gasteiger charge is 2.17. The number of rotatable bonds is 7. The summed E-state index contributed by atoms with van der Waals surface area (Å²) in [5, 5.41) is 2.01. The van der Waals surface area contributed by atoms with E-state index >= 15 is 0 Å². The lowest BCUT2D eigenvalue weighted by atomic mass is 9.99. The molecule has 0 aliphatic rings. The van der Waals surface area contributed by atoms with Crippen LogP contribution in [-0.4, -0.2) is 27.6 Å². The van der Waals surface area contributed by atoms with E-state index in [1.165, 1.54) is 0 Å². The molecule has 0 saturated heterocycles. The van der Waals surface area contributed by atoms with E-state index in [1.807, 2.05) is 53.9 Å². The highest BCUT2D eigenvalue weighted by molar-refractivity contribution is 7.13. The van der Waals surface area contributed by atoms with Gasteiger partial charge in [0.1, 0.15) is 17.2 Å². The molecule has 3 aromatic rings. The molecular weight excluding hydrogens is 360 g/mol.